The molecule has 154 valence electrons. The summed E-state index contributed by atoms with van der Waals surface area (Å²) >= 11 is 1.84. The van der Waals surface area contributed by atoms with Crippen molar-refractivity contribution in [1.29, 1.82) is 0 Å². The van der Waals surface area contributed by atoms with Crippen LogP contribution in [0.15, 0.2) is 22.5 Å². The summed E-state index contributed by atoms with van der Waals surface area (Å²) in [7, 11) is 0. The summed E-state index contributed by atoms with van der Waals surface area (Å²) < 4.78 is 0. The summed E-state index contributed by atoms with van der Waals surface area (Å²) in [5.41, 5.74) is 0. The van der Waals surface area contributed by atoms with Crippen molar-refractivity contribution in [3.63, 3.8) is 0 Å². The second-order valence-electron chi connectivity index (χ2n) is 7.37. The monoisotopic (exact) mass is 505 g/mol. The molecule has 0 amide bonds. The van der Waals surface area contributed by atoms with Crippen LogP contribution in [0.4, 0.5) is 5.00 Å². The Bertz CT molecular complexity index is 520. The number of halogens is 1. The lowest BCUT2D eigenvalue weighted by atomic mass is 10.1. The van der Waals surface area contributed by atoms with Gasteiger partial charge in [-0.2, -0.15) is 0 Å². The van der Waals surface area contributed by atoms with E-state index in [1.807, 2.05) is 11.3 Å². The fraction of sp³-hybridized carbons (Fsp3) is 0.750. The first kappa shape index (κ1) is 22.7. The molecule has 2 N–H and O–H groups in total. The largest absolute Gasteiger partial charge is 0.363 e. The van der Waals surface area contributed by atoms with Gasteiger partial charge in [0.1, 0.15) is 0 Å². The molecule has 5 nitrogen and oxygen atoms in total. The summed E-state index contributed by atoms with van der Waals surface area (Å²) in [6.45, 7) is 9.81. The second kappa shape index (κ2) is 12.8. The van der Waals surface area contributed by atoms with Gasteiger partial charge in [-0.3, -0.25) is 4.99 Å². The maximum absolute atomic E-state index is 4.84. The number of anilines is 1. The number of nitrogens with zero attached hydrogens (tertiary/aromatic N) is 3. The van der Waals surface area contributed by atoms with E-state index in [1.54, 1.807) is 0 Å². The van der Waals surface area contributed by atoms with Gasteiger partial charge in [0.2, 0.25) is 0 Å². The number of hydrogen-bond acceptors (Lipinski definition) is 4. The van der Waals surface area contributed by atoms with Crippen molar-refractivity contribution in [2.24, 2.45) is 4.99 Å². The van der Waals surface area contributed by atoms with Crippen LogP contribution in [0.1, 0.15) is 45.4 Å². The van der Waals surface area contributed by atoms with Crippen molar-refractivity contribution in [2.75, 3.05) is 50.7 Å². The van der Waals surface area contributed by atoms with Crippen molar-refractivity contribution >= 4 is 46.3 Å². The van der Waals surface area contributed by atoms with Gasteiger partial charge in [-0.25, -0.2) is 0 Å². The lowest BCUT2D eigenvalue weighted by Crippen LogP contribution is -2.48. The number of guanidine groups is 1. The predicted molar refractivity (Wildman–Crippen MR) is 129 cm³/mol. The molecular formula is C20H36IN5S. The normalized spacial score (nSPS) is 20.0. The van der Waals surface area contributed by atoms with Crippen LogP contribution < -0.4 is 15.5 Å². The summed E-state index contributed by atoms with van der Waals surface area (Å²) in [4.78, 5) is 9.93. The first-order valence-corrected chi connectivity index (χ1v) is 11.3. The Morgan fingerprint density at radius 1 is 1.15 bits per heavy atom. The number of piperidine rings is 1. The van der Waals surface area contributed by atoms with Crippen LogP contribution >= 0.6 is 35.3 Å². The average molecular weight is 506 g/mol. The quantitative estimate of drug-likeness (QED) is 0.351. The van der Waals surface area contributed by atoms with Gasteiger partial charge in [0.15, 0.2) is 5.96 Å². The minimum Gasteiger partial charge on any atom is -0.363 e. The zero-order valence-electron chi connectivity index (χ0n) is 16.7. The van der Waals surface area contributed by atoms with Gasteiger partial charge in [-0.1, -0.05) is 12.8 Å². The van der Waals surface area contributed by atoms with Crippen LogP contribution in [-0.2, 0) is 0 Å². The molecule has 27 heavy (non-hydrogen) atoms. The zero-order chi connectivity index (χ0) is 18.0. The molecule has 0 radical (unpaired) electrons. The van der Waals surface area contributed by atoms with Gasteiger partial charge in [-0.05, 0) is 63.2 Å². The summed E-state index contributed by atoms with van der Waals surface area (Å²) in [5, 5.41) is 10.7. The molecule has 0 spiro atoms. The molecule has 0 aliphatic carbocycles. The summed E-state index contributed by atoms with van der Waals surface area (Å²) in [6.07, 6.45) is 7.85. The number of likely N-dealkylation sites (tertiary alicyclic amines) is 1. The molecule has 3 heterocycles. The minimum atomic E-state index is 0. The standard InChI is InChI=1S/C20H35N5S.HI/c1-2-21-20(22-11-16-24-12-5-3-4-6-13-24)23-18-9-14-25(15-10-18)19-8-7-17-26-19;/h7-8,17-18H,2-6,9-16H2,1H3,(H2,21,22,23);1H. The van der Waals surface area contributed by atoms with Crippen molar-refractivity contribution in [3.8, 4) is 0 Å². The SMILES string of the molecule is CCNC(=NCCN1CCCCCC1)NC1CCN(c2cccs2)CC1.I. The molecule has 0 saturated carbocycles. The molecule has 0 aromatic carbocycles. The molecule has 0 atom stereocenters. The maximum Gasteiger partial charge on any atom is 0.191 e. The van der Waals surface area contributed by atoms with Crippen LogP contribution in [0.2, 0.25) is 0 Å². The summed E-state index contributed by atoms with van der Waals surface area (Å²) in [6, 6.07) is 4.90. The van der Waals surface area contributed by atoms with Crippen molar-refractivity contribution in [1.82, 2.24) is 15.5 Å². The molecular weight excluding hydrogens is 469 g/mol. The van der Waals surface area contributed by atoms with E-state index in [0.717, 1.165) is 38.7 Å². The fourth-order valence-corrected chi connectivity index (χ4v) is 4.66. The van der Waals surface area contributed by atoms with Crippen LogP contribution in [0.3, 0.4) is 0 Å². The molecule has 7 heteroatoms. The van der Waals surface area contributed by atoms with E-state index in [1.165, 1.54) is 56.6 Å². The zero-order valence-corrected chi connectivity index (χ0v) is 19.8. The first-order valence-electron chi connectivity index (χ1n) is 10.4. The first-order chi connectivity index (χ1) is 12.8. The van der Waals surface area contributed by atoms with Crippen molar-refractivity contribution < 1.29 is 0 Å². The van der Waals surface area contributed by atoms with E-state index < -0.39 is 0 Å². The maximum atomic E-state index is 4.84. The highest BCUT2D eigenvalue weighted by molar-refractivity contribution is 14.0. The molecule has 1 aromatic heterocycles. The smallest absolute Gasteiger partial charge is 0.191 e. The van der Waals surface area contributed by atoms with E-state index in [2.05, 4.69) is 44.9 Å². The molecule has 2 saturated heterocycles. The van der Waals surface area contributed by atoms with Crippen LogP contribution in [0, 0.1) is 0 Å². The second-order valence-corrected chi connectivity index (χ2v) is 8.30. The number of nitrogens with one attached hydrogen (secondary N) is 2. The molecule has 3 rings (SSSR count). The molecule has 2 fully saturated rings. The topological polar surface area (TPSA) is 42.9 Å². The lowest BCUT2D eigenvalue weighted by molar-refractivity contribution is 0.293. The van der Waals surface area contributed by atoms with Crippen LogP contribution in [0.5, 0.6) is 0 Å². The Morgan fingerprint density at radius 3 is 2.52 bits per heavy atom. The third-order valence-corrected chi connectivity index (χ3v) is 6.31. The number of thiophene rings is 1. The average Bonchev–Trinajstić information content (AvgIpc) is 3.07. The van der Waals surface area contributed by atoms with E-state index in [-0.39, 0.29) is 24.0 Å². The highest BCUT2D eigenvalue weighted by Gasteiger charge is 2.20. The van der Waals surface area contributed by atoms with E-state index >= 15 is 0 Å². The van der Waals surface area contributed by atoms with Crippen LogP contribution in [-0.4, -0.2) is 62.7 Å². The number of hydrogen-bond donors (Lipinski definition) is 2. The fourth-order valence-electron chi connectivity index (χ4n) is 3.87. The van der Waals surface area contributed by atoms with Gasteiger partial charge in [0, 0.05) is 32.2 Å². The van der Waals surface area contributed by atoms with Crippen LogP contribution in [0.25, 0.3) is 0 Å². The minimum absolute atomic E-state index is 0. The van der Waals surface area contributed by atoms with E-state index in [0.29, 0.717) is 6.04 Å². The third-order valence-electron chi connectivity index (χ3n) is 5.38. The van der Waals surface area contributed by atoms with Gasteiger partial charge in [0.25, 0.3) is 0 Å². The van der Waals surface area contributed by atoms with E-state index in [4.69, 9.17) is 4.99 Å². The molecule has 2 aliphatic heterocycles. The van der Waals surface area contributed by atoms with Gasteiger partial charge >= 0.3 is 0 Å². The van der Waals surface area contributed by atoms with Gasteiger partial charge in [0.05, 0.1) is 11.5 Å². The Labute approximate surface area is 186 Å². The van der Waals surface area contributed by atoms with Crippen molar-refractivity contribution in [2.45, 2.75) is 51.5 Å². The Morgan fingerprint density at radius 2 is 1.89 bits per heavy atom. The van der Waals surface area contributed by atoms with Gasteiger partial charge < -0.3 is 20.4 Å². The Hall–Kier alpha value is -0.540. The predicted octanol–water partition coefficient (Wildman–Crippen LogP) is 3.77. The third kappa shape index (κ3) is 7.77. The molecule has 2 aliphatic rings. The lowest BCUT2D eigenvalue weighted by Gasteiger charge is -2.33. The highest BCUT2D eigenvalue weighted by Crippen LogP contribution is 2.24. The molecule has 0 bridgehead atoms. The Balaban J connectivity index is 0.00000261. The number of aliphatic imine (C=N–C) groups is 1. The van der Waals surface area contributed by atoms with E-state index in [9.17, 15) is 0 Å². The Kier molecular flexibility index (Phi) is 10.8. The van der Waals surface area contributed by atoms with Crippen molar-refractivity contribution in [3.05, 3.63) is 17.5 Å². The van der Waals surface area contributed by atoms with Gasteiger partial charge in [-0.15, -0.1) is 35.3 Å². The number of rotatable bonds is 6. The summed E-state index contributed by atoms with van der Waals surface area (Å²) in [5.74, 6) is 0.997. The molecule has 1 aromatic rings. The molecule has 0 unspecified atom stereocenters. The highest BCUT2D eigenvalue weighted by atomic mass is 127.